The summed E-state index contributed by atoms with van der Waals surface area (Å²) in [6, 6.07) is 11.6. The van der Waals surface area contributed by atoms with Gasteiger partial charge in [0, 0.05) is 5.56 Å². The van der Waals surface area contributed by atoms with Gasteiger partial charge in [-0.2, -0.15) is 0 Å². The fourth-order valence-electron chi connectivity index (χ4n) is 2.96. The van der Waals surface area contributed by atoms with Crippen LogP contribution in [0.3, 0.4) is 0 Å². The van der Waals surface area contributed by atoms with Crippen molar-refractivity contribution in [3.05, 3.63) is 63.1 Å². The molecule has 108 valence electrons. The van der Waals surface area contributed by atoms with E-state index >= 15 is 0 Å². The molecule has 21 heavy (non-hydrogen) atoms. The van der Waals surface area contributed by atoms with Gasteiger partial charge in [0.2, 0.25) is 0 Å². The van der Waals surface area contributed by atoms with E-state index in [0.717, 1.165) is 11.1 Å². The summed E-state index contributed by atoms with van der Waals surface area (Å²) in [6.45, 7) is 1.95. The minimum Gasteiger partial charge on any atom is -0.495 e. The van der Waals surface area contributed by atoms with E-state index in [0.29, 0.717) is 22.8 Å². The van der Waals surface area contributed by atoms with Gasteiger partial charge in [-0.05, 0) is 30.5 Å². The standard InChI is InChI=1S/C17H14Cl2O2/c1-17(11-6-4-3-5-7-11)9-10-8-12(21-2)14(18)15(19)13(10)16(17)20/h3-8H,9H2,1-2H3. The molecule has 0 N–H and O–H groups in total. The van der Waals surface area contributed by atoms with Crippen molar-refractivity contribution in [3.63, 3.8) is 0 Å². The number of methoxy groups -OCH3 is 1. The Hall–Kier alpha value is -1.51. The molecule has 2 aromatic rings. The lowest BCUT2D eigenvalue weighted by Gasteiger charge is -2.22. The van der Waals surface area contributed by atoms with Crippen molar-refractivity contribution in [1.29, 1.82) is 0 Å². The zero-order valence-corrected chi connectivity index (χ0v) is 13.3. The van der Waals surface area contributed by atoms with Crippen molar-refractivity contribution in [2.45, 2.75) is 18.8 Å². The van der Waals surface area contributed by atoms with E-state index in [9.17, 15) is 4.79 Å². The molecule has 1 aliphatic carbocycles. The van der Waals surface area contributed by atoms with E-state index in [2.05, 4.69) is 0 Å². The molecule has 0 bridgehead atoms. The molecule has 0 saturated heterocycles. The number of fused-ring (bicyclic) bond motifs is 1. The average Bonchev–Trinajstić information content (AvgIpc) is 2.76. The van der Waals surface area contributed by atoms with E-state index in [1.54, 1.807) is 0 Å². The SMILES string of the molecule is COc1cc2c(c(Cl)c1Cl)C(=O)C(C)(c1ccccc1)C2. The minimum absolute atomic E-state index is 0.0123. The van der Waals surface area contributed by atoms with E-state index < -0.39 is 5.41 Å². The Morgan fingerprint density at radius 2 is 1.81 bits per heavy atom. The van der Waals surface area contributed by atoms with Gasteiger partial charge < -0.3 is 4.74 Å². The monoisotopic (exact) mass is 320 g/mol. The molecular formula is C17H14Cl2O2. The highest BCUT2D eigenvalue weighted by Gasteiger charge is 2.44. The van der Waals surface area contributed by atoms with Gasteiger partial charge >= 0.3 is 0 Å². The third kappa shape index (κ3) is 2.05. The van der Waals surface area contributed by atoms with Gasteiger partial charge in [-0.25, -0.2) is 0 Å². The first-order chi connectivity index (χ1) is 9.99. The Bertz CT molecular complexity index is 725. The number of benzene rings is 2. The Balaban J connectivity index is 2.17. The van der Waals surface area contributed by atoms with Crippen molar-refractivity contribution in [2.75, 3.05) is 7.11 Å². The lowest BCUT2D eigenvalue weighted by Crippen LogP contribution is -2.29. The molecule has 4 heteroatoms. The summed E-state index contributed by atoms with van der Waals surface area (Å²) in [6.07, 6.45) is 0.596. The van der Waals surface area contributed by atoms with Crippen LogP contribution in [0.5, 0.6) is 5.75 Å². The molecule has 0 fully saturated rings. The van der Waals surface area contributed by atoms with Gasteiger partial charge in [-0.3, -0.25) is 4.79 Å². The molecule has 0 radical (unpaired) electrons. The second-order valence-electron chi connectivity index (χ2n) is 5.44. The summed E-state index contributed by atoms with van der Waals surface area (Å²) in [5, 5.41) is 0.583. The molecule has 1 aliphatic rings. The third-order valence-electron chi connectivity index (χ3n) is 4.16. The van der Waals surface area contributed by atoms with Crippen LogP contribution in [-0.4, -0.2) is 12.9 Å². The summed E-state index contributed by atoms with van der Waals surface area (Å²) in [5.74, 6) is 0.517. The zero-order valence-electron chi connectivity index (χ0n) is 11.7. The van der Waals surface area contributed by atoms with E-state index in [4.69, 9.17) is 27.9 Å². The van der Waals surface area contributed by atoms with Crippen LogP contribution in [0.1, 0.15) is 28.4 Å². The van der Waals surface area contributed by atoms with E-state index in [-0.39, 0.29) is 10.8 Å². The maximum absolute atomic E-state index is 12.9. The summed E-state index contributed by atoms with van der Waals surface area (Å²) in [7, 11) is 1.54. The molecule has 0 saturated carbocycles. The maximum Gasteiger partial charge on any atom is 0.175 e. The van der Waals surface area contributed by atoms with Crippen LogP contribution < -0.4 is 4.74 Å². The number of hydrogen-bond donors (Lipinski definition) is 0. The number of carbonyl (C=O) groups is 1. The smallest absolute Gasteiger partial charge is 0.175 e. The number of Topliss-reactive ketones (excluding diaryl/α,β-unsaturated/α-hetero) is 1. The second-order valence-corrected chi connectivity index (χ2v) is 6.20. The first kappa shape index (κ1) is 14.4. The number of ether oxygens (including phenoxy) is 1. The van der Waals surface area contributed by atoms with Crippen molar-refractivity contribution in [1.82, 2.24) is 0 Å². The lowest BCUT2D eigenvalue weighted by molar-refractivity contribution is 0.0915. The van der Waals surface area contributed by atoms with E-state index in [1.807, 2.05) is 43.3 Å². The summed E-state index contributed by atoms with van der Waals surface area (Å²) in [4.78, 5) is 12.9. The summed E-state index contributed by atoms with van der Waals surface area (Å²) >= 11 is 12.5. The van der Waals surface area contributed by atoms with Crippen molar-refractivity contribution in [3.8, 4) is 5.75 Å². The maximum atomic E-state index is 12.9. The Morgan fingerprint density at radius 3 is 2.43 bits per heavy atom. The Morgan fingerprint density at radius 1 is 1.14 bits per heavy atom. The van der Waals surface area contributed by atoms with Crippen molar-refractivity contribution >= 4 is 29.0 Å². The predicted molar refractivity (Wildman–Crippen MR) is 84.8 cm³/mol. The van der Waals surface area contributed by atoms with Crippen LogP contribution in [0.25, 0.3) is 0 Å². The lowest BCUT2D eigenvalue weighted by atomic mass is 9.79. The predicted octanol–water partition coefficient (Wildman–Crippen LogP) is 4.70. The molecule has 0 heterocycles. The van der Waals surface area contributed by atoms with Gasteiger partial charge in [0.15, 0.2) is 5.78 Å². The normalized spacial score (nSPS) is 20.5. The number of ketones is 1. The highest BCUT2D eigenvalue weighted by atomic mass is 35.5. The van der Waals surface area contributed by atoms with Gasteiger partial charge in [-0.15, -0.1) is 0 Å². The van der Waals surface area contributed by atoms with Crippen molar-refractivity contribution in [2.24, 2.45) is 0 Å². The van der Waals surface area contributed by atoms with Crippen LogP contribution in [0.2, 0.25) is 10.0 Å². The van der Waals surface area contributed by atoms with Crippen LogP contribution in [0.4, 0.5) is 0 Å². The molecule has 1 unspecified atom stereocenters. The first-order valence-electron chi connectivity index (χ1n) is 6.64. The second kappa shape index (κ2) is 5.04. The van der Waals surface area contributed by atoms with Crippen LogP contribution in [0.15, 0.2) is 36.4 Å². The molecule has 0 aliphatic heterocycles. The topological polar surface area (TPSA) is 26.3 Å². The molecular weight excluding hydrogens is 307 g/mol. The van der Waals surface area contributed by atoms with Crippen LogP contribution in [0, 0.1) is 0 Å². The highest BCUT2D eigenvalue weighted by Crippen LogP contribution is 2.47. The summed E-state index contributed by atoms with van der Waals surface area (Å²) in [5.41, 5.74) is 1.78. The molecule has 0 aromatic heterocycles. The molecule has 0 spiro atoms. The molecule has 0 amide bonds. The van der Waals surface area contributed by atoms with Crippen LogP contribution in [-0.2, 0) is 11.8 Å². The first-order valence-corrected chi connectivity index (χ1v) is 7.40. The van der Waals surface area contributed by atoms with Gasteiger partial charge in [0.25, 0.3) is 0 Å². The number of carbonyl (C=O) groups excluding carboxylic acids is 1. The van der Waals surface area contributed by atoms with Crippen LogP contribution >= 0.6 is 23.2 Å². The average molecular weight is 321 g/mol. The quantitative estimate of drug-likeness (QED) is 0.801. The minimum atomic E-state index is -0.608. The largest absolute Gasteiger partial charge is 0.495 e. The summed E-state index contributed by atoms with van der Waals surface area (Å²) < 4.78 is 5.23. The Kier molecular flexibility index (Phi) is 3.46. The van der Waals surface area contributed by atoms with E-state index in [1.165, 1.54) is 7.11 Å². The highest BCUT2D eigenvalue weighted by molar-refractivity contribution is 6.45. The molecule has 2 aromatic carbocycles. The fourth-order valence-corrected chi connectivity index (χ4v) is 3.49. The van der Waals surface area contributed by atoms with Gasteiger partial charge in [-0.1, -0.05) is 53.5 Å². The van der Waals surface area contributed by atoms with Gasteiger partial charge in [0.1, 0.15) is 10.8 Å². The molecule has 1 atom stereocenters. The third-order valence-corrected chi connectivity index (χ3v) is 5.01. The number of hydrogen-bond acceptors (Lipinski definition) is 2. The number of halogens is 2. The fraction of sp³-hybridized carbons (Fsp3) is 0.235. The molecule has 3 rings (SSSR count). The zero-order chi connectivity index (χ0) is 15.2. The molecule has 2 nitrogen and oxygen atoms in total. The van der Waals surface area contributed by atoms with Crippen molar-refractivity contribution < 1.29 is 9.53 Å². The van der Waals surface area contributed by atoms with Gasteiger partial charge in [0.05, 0.1) is 17.5 Å². The number of rotatable bonds is 2. The Labute approximate surface area is 133 Å².